The predicted octanol–water partition coefficient (Wildman–Crippen LogP) is 2.17. The van der Waals surface area contributed by atoms with Crippen molar-refractivity contribution in [1.29, 1.82) is 0 Å². The first-order chi connectivity index (χ1) is 9.60. The van der Waals surface area contributed by atoms with Gasteiger partial charge in [-0.1, -0.05) is 0 Å². The van der Waals surface area contributed by atoms with Gasteiger partial charge >= 0.3 is 0 Å². The van der Waals surface area contributed by atoms with E-state index in [1.54, 1.807) is 13.2 Å². The zero-order valence-corrected chi connectivity index (χ0v) is 12.1. The molecule has 0 bridgehead atoms. The molecule has 1 aliphatic heterocycles. The number of hydrogen-bond acceptors (Lipinski definition) is 4. The highest BCUT2D eigenvalue weighted by Crippen LogP contribution is 2.32. The van der Waals surface area contributed by atoms with E-state index in [0.29, 0.717) is 12.4 Å². The monoisotopic (exact) mass is 282 g/mol. The Hall–Kier alpha value is -1.33. The van der Waals surface area contributed by atoms with Gasteiger partial charge in [0.2, 0.25) is 0 Å². The highest BCUT2D eigenvalue weighted by Gasteiger charge is 2.21. The summed E-state index contributed by atoms with van der Waals surface area (Å²) in [5.41, 5.74) is 6.78. The van der Waals surface area contributed by atoms with Gasteiger partial charge in [-0.3, -0.25) is 0 Å². The van der Waals surface area contributed by atoms with Crippen LogP contribution in [0.25, 0.3) is 0 Å². The Morgan fingerprint density at radius 2 is 2.30 bits per heavy atom. The van der Waals surface area contributed by atoms with Gasteiger partial charge in [0.1, 0.15) is 17.7 Å². The topological polar surface area (TPSA) is 47.7 Å². The molecule has 1 aromatic rings. The van der Waals surface area contributed by atoms with Gasteiger partial charge in [0.05, 0.1) is 12.3 Å². The van der Waals surface area contributed by atoms with E-state index in [-0.39, 0.29) is 18.0 Å². The molecular formula is C15H23FN2O2. The van der Waals surface area contributed by atoms with Crippen molar-refractivity contribution in [3.63, 3.8) is 0 Å². The summed E-state index contributed by atoms with van der Waals surface area (Å²) >= 11 is 0. The van der Waals surface area contributed by atoms with E-state index in [2.05, 4.69) is 4.90 Å². The molecule has 0 spiro atoms. The Morgan fingerprint density at radius 3 is 3.00 bits per heavy atom. The minimum Gasteiger partial charge on any atom is -0.486 e. The molecule has 2 atom stereocenters. The first-order valence-corrected chi connectivity index (χ1v) is 7.06. The van der Waals surface area contributed by atoms with Gasteiger partial charge in [0, 0.05) is 32.3 Å². The van der Waals surface area contributed by atoms with Crippen molar-refractivity contribution < 1.29 is 13.9 Å². The average Bonchev–Trinajstić information content (AvgIpc) is 2.41. The number of hydrogen-bond donors (Lipinski definition) is 1. The first-order valence-electron chi connectivity index (χ1n) is 7.06. The van der Waals surface area contributed by atoms with Crippen LogP contribution in [0.15, 0.2) is 18.2 Å². The summed E-state index contributed by atoms with van der Waals surface area (Å²) in [6.45, 7) is 4.04. The summed E-state index contributed by atoms with van der Waals surface area (Å²) in [5.74, 6) is 0.427. The van der Waals surface area contributed by atoms with Gasteiger partial charge in [-0.25, -0.2) is 4.39 Å². The highest BCUT2D eigenvalue weighted by molar-refractivity contribution is 5.59. The minimum atomic E-state index is -0.258. The fourth-order valence-corrected chi connectivity index (χ4v) is 2.55. The van der Waals surface area contributed by atoms with E-state index in [1.165, 1.54) is 12.1 Å². The second-order valence-corrected chi connectivity index (χ2v) is 5.34. The number of nitrogens with zero attached hydrogens (tertiary/aromatic N) is 1. The molecule has 1 aromatic carbocycles. The molecular weight excluding hydrogens is 259 g/mol. The number of piperidine rings is 1. The Labute approximate surface area is 119 Å². The van der Waals surface area contributed by atoms with Gasteiger partial charge in [0.15, 0.2) is 0 Å². The quantitative estimate of drug-likeness (QED) is 0.899. The van der Waals surface area contributed by atoms with Crippen LogP contribution < -0.4 is 15.4 Å². The number of halogens is 1. The standard InChI is InChI=1S/C15H23FN2O2/c1-11(10-19-2)20-15-6-5-12(16)8-14(15)18-7-3-4-13(17)9-18/h5-6,8,11,13H,3-4,7,9-10,17H2,1-2H3. The van der Waals surface area contributed by atoms with Gasteiger partial charge in [0.25, 0.3) is 0 Å². The Morgan fingerprint density at radius 1 is 1.50 bits per heavy atom. The third kappa shape index (κ3) is 3.84. The van der Waals surface area contributed by atoms with Crippen LogP contribution in [0.1, 0.15) is 19.8 Å². The maximum atomic E-state index is 13.5. The van der Waals surface area contributed by atoms with Gasteiger partial charge < -0.3 is 20.1 Å². The highest BCUT2D eigenvalue weighted by atomic mass is 19.1. The van der Waals surface area contributed by atoms with Gasteiger partial charge in [-0.2, -0.15) is 0 Å². The van der Waals surface area contributed by atoms with E-state index in [1.807, 2.05) is 6.92 Å². The molecule has 0 aromatic heterocycles. The Kier molecular flexibility index (Phi) is 5.20. The number of ether oxygens (including phenoxy) is 2. The number of methoxy groups -OCH3 is 1. The summed E-state index contributed by atoms with van der Waals surface area (Å²) in [7, 11) is 1.63. The third-order valence-corrected chi connectivity index (χ3v) is 3.45. The summed E-state index contributed by atoms with van der Waals surface area (Å²) in [6.07, 6.45) is 1.95. The summed E-state index contributed by atoms with van der Waals surface area (Å²) in [6, 6.07) is 4.75. The number of anilines is 1. The van der Waals surface area contributed by atoms with Crippen molar-refractivity contribution >= 4 is 5.69 Å². The SMILES string of the molecule is COCC(C)Oc1ccc(F)cc1N1CCCC(N)C1. The second kappa shape index (κ2) is 6.90. The maximum Gasteiger partial charge on any atom is 0.143 e. The molecule has 112 valence electrons. The lowest BCUT2D eigenvalue weighted by Crippen LogP contribution is -2.43. The molecule has 4 nitrogen and oxygen atoms in total. The smallest absolute Gasteiger partial charge is 0.143 e. The van der Waals surface area contributed by atoms with Crippen molar-refractivity contribution in [2.75, 3.05) is 31.7 Å². The number of nitrogens with two attached hydrogens (primary N) is 1. The first kappa shape index (κ1) is 15.1. The van der Waals surface area contributed by atoms with Crippen LogP contribution in [0.5, 0.6) is 5.75 Å². The van der Waals surface area contributed by atoms with Crippen LogP contribution in [-0.2, 0) is 4.74 Å². The van der Waals surface area contributed by atoms with Crippen LogP contribution in [-0.4, -0.2) is 39.0 Å². The van der Waals surface area contributed by atoms with Gasteiger partial charge in [-0.05, 0) is 31.9 Å². The lowest BCUT2D eigenvalue weighted by atomic mass is 10.1. The molecule has 20 heavy (non-hydrogen) atoms. The van der Waals surface area contributed by atoms with Crippen molar-refractivity contribution in [2.45, 2.75) is 31.9 Å². The summed E-state index contributed by atoms with van der Waals surface area (Å²) < 4.78 is 24.5. The molecule has 0 amide bonds. The van der Waals surface area contributed by atoms with E-state index in [9.17, 15) is 4.39 Å². The van der Waals surface area contributed by atoms with Gasteiger partial charge in [-0.15, -0.1) is 0 Å². The maximum absolute atomic E-state index is 13.5. The molecule has 1 heterocycles. The molecule has 1 fully saturated rings. The molecule has 2 N–H and O–H groups in total. The number of benzene rings is 1. The van der Waals surface area contributed by atoms with Crippen molar-refractivity contribution in [2.24, 2.45) is 5.73 Å². The van der Waals surface area contributed by atoms with E-state index in [4.69, 9.17) is 15.2 Å². The molecule has 0 saturated carbocycles. The minimum absolute atomic E-state index is 0.0809. The molecule has 1 saturated heterocycles. The largest absolute Gasteiger partial charge is 0.486 e. The van der Waals surface area contributed by atoms with Crippen molar-refractivity contribution in [1.82, 2.24) is 0 Å². The second-order valence-electron chi connectivity index (χ2n) is 5.34. The zero-order valence-electron chi connectivity index (χ0n) is 12.1. The molecule has 2 unspecified atom stereocenters. The zero-order chi connectivity index (χ0) is 14.5. The van der Waals surface area contributed by atoms with Crippen LogP contribution in [0.2, 0.25) is 0 Å². The molecule has 0 aliphatic carbocycles. The predicted molar refractivity (Wildman–Crippen MR) is 77.8 cm³/mol. The van der Waals surface area contributed by atoms with E-state index < -0.39 is 0 Å². The van der Waals surface area contributed by atoms with Crippen LogP contribution in [0, 0.1) is 5.82 Å². The van der Waals surface area contributed by atoms with Crippen molar-refractivity contribution in [3.8, 4) is 5.75 Å². The lowest BCUT2D eigenvalue weighted by Gasteiger charge is -2.34. The van der Waals surface area contributed by atoms with Crippen LogP contribution in [0.3, 0.4) is 0 Å². The molecule has 2 rings (SSSR count). The number of rotatable bonds is 5. The Bertz CT molecular complexity index is 442. The average molecular weight is 282 g/mol. The fraction of sp³-hybridized carbons (Fsp3) is 0.600. The normalized spacial score (nSPS) is 20.8. The molecule has 1 aliphatic rings. The van der Waals surface area contributed by atoms with Crippen LogP contribution >= 0.6 is 0 Å². The third-order valence-electron chi connectivity index (χ3n) is 3.45. The fourth-order valence-electron chi connectivity index (χ4n) is 2.55. The van der Waals surface area contributed by atoms with E-state index >= 15 is 0 Å². The lowest BCUT2D eigenvalue weighted by molar-refractivity contribution is 0.0922. The van der Waals surface area contributed by atoms with Crippen molar-refractivity contribution in [3.05, 3.63) is 24.0 Å². The summed E-state index contributed by atoms with van der Waals surface area (Å²) in [4.78, 5) is 2.10. The molecule has 0 radical (unpaired) electrons. The van der Waals surface area contributed by atoms with Crippen LogP contribution in [0.4, 0.5) is 10.1 Å². The Balaban J connectivity index is 2.18. The summed E-state index contributed by atoms with van der Waals surface area (Å²) in [5, 5.41) is 0. The molecule has 5 heteroatoms. The van der Waals surface area contributed by atoms with E-state index in [0.717, 1.165) is 31.6 Å².